The van der Waals surface area contributed by atoms with Crippen LogP contribution in [0.1, 0.15) is 107 Å². The first kappa shape index (κ1) is 42.5. The number of hydrogen-bond donors (Lipinski definition) is 3. The fourth-order valence-electron chi connectivity index (χ4n) is 4.85. The fraction of sp³-hybridized carbons (Fsp3) is 0.844. The number of carbonyl (C=O) groups is 1. The van der Waals surface area contributed by atoms with Crippen LogP contribution < -0.4 is 16.4 Å². The van der Waals surface area contributed by atoms with Gasteiger partial charge in [-0.1, -0.05) is 47.5 Å². The van der Waals surface area contributed by atoms with E-state index in [4.69, 9.17) is 5.73 Å². The molecule has 42 heavy (non-hydrogen) atoms. The van der Waals surface area contributed by atoms with Crippen molar-refractivity contribution >= 4 is 5.91 Å². The van der Waals surface area contributed by atoms with E-state index in [0.717, 1.165) is 39.0 Å². The maximum absolute atomic E-state index is 12.7. The Kier molecular flexibility index (Phi) is 24.0. The molecule has 4 N–H and O–H groups in total. The van der Waals surface area contributed by atoms with Crippen LogP contribution in [0.4, 0.5) is 17.7 Å². The minimum absolute atomic E-state index is 0.00463. The van der Waals surface area contributed by atoms with Gasteiger partial charge in [0.1, 0.15) is 0 Å². The molecule has 250 valence electrons. The number of piperidine rings is 1. The van der Waals surface area contributed by atoms with Gasteiger partial charge in [-0.25, -0.2) is 13.2 Å². The summed E-state index contributed by atoms with van der Waals surface area (Å²) in [6, 6.07) is 0.814. The molecular weight excluding hydrogens is 546 g/mol. The van der Waals surface area contributed by atoms with Crippen LogP contribution in [0, 0.1) is 17.8 Å². The largest absolute Gasteiger partial charge is 0.375 e. The molecule has 4 unspecified atom stereocenters. The molecule has 1 saturated carbocycles. The molecule has 3 aliphatic rings. The molecule has 0 aromatic heterocycles. The molecule has 0 radical (unpaired) electrons. The number of hydrogen-bond acceptors (Lipinski definition) is 5. The molecule has 2 heterocycles. The van der Waals surface area contributed by atoms with E-state index in [1.165, 1.54) is 57.4 Å². The highest BCUT2D eigenvalue weighted by Gasteiger charge is 2.26. The maximum atomic E-state index is 12.7. The first-order chi connectivity index (χ1) is 19.6. The van der Waals surface area contributed by atoms with E-state index in [1.54, 1.807) is 13.0 Å². The van der Waals surface area contributed by atoms with Gasteiger partial charge in [0.15, 0.2) is 0 Å². The SMILES string of the molecule is C/C(F)=C\C1C(C(C)C)=CNC1N.CC.CC(=O)N1CCCCC1.CN(F)CCC(C)(F)F.CNC1CCCC(C)C1. The predicted octanol–water partition coefficient (Wildman–Crippen LogP) is 7.58. The first-order valence-corrected chi connectivity index (χ1v) is 15.8. The van der Waals surface area contributed by atoms with E-state index in [0.29, 0.717) is 5.92 Å². The highest BCUT2D eigenvalue weighted by Crippen LogP contribution is 2.27. The monoisotopic (exact) mass is 609 g/mol. The van der Waals surface area contributed by atoms with Gasteiger partial charge in [-0.2, -0.15) is 0 Å². The van der Waals surface area contributed by atoms with Gasteiger partial charge in [-0.05, 0) is 82.7 Å². The van der Waals surface area contributed by atoms with Gasteiger partial charge in [0.25, 0.3) is 0 Å². The third kappa shape index (κ3) is 22.0. The minimum Gasteiger partial charge on any atom is -0.375 e. The molecule has 1 aliphatic carbocycles. The third-order valence-electron chi connectivity index (χ3n) is 7.30. The molecule has 1 amide bonds. The number of alkyl halides is 2. The van der Waals surface area contributed by atoms with E-state index in [1.807, 2.05) is 24.9 Å². The molecule has 1 saturated heterocycles. The van der Waals surface area contributed by atoms with Crippen LogP contribution in [0.25, 0.3) is 0 Å². The van der Waals surface area contributed by atoms with Crippen molar-refractivity contribution in [3.8, 4) is 0 Å². The molecule has 0 bridgehead atoms. The summed E-state index contributed by atoms with van der Waals surface area (Å²) in [5.41, 5.74) is 6.95. The van der Waals surface area contributed by atoms with Crippen LogP contribution in [0.15, 0.2) is 23.7 Å². The van der Waals surface area contributed by atoms with Gasteiger partial charge >= 0.3 is 0 Å². The summed E-state index contributed by atoms with van der Waals surface area (Å²) >= 11 is 0. The van der Waals surface area contributed by atoms with E-state index in [-0.39, 0.29) is 35.5 Å². The summed E-state index contributed by atoms with van der Waals surface area (Å²) in [5, 5.41) is 6.59. The molecule has 2 fully saturated rings. The van der Waals surface area contributed by atoms with E-state index in [9.17, 15) is 22.4 Å². The van der Waals surface area contributed by atoms with Crippen molar-refractivity contribution in [2.75, 3.05) is 33.7 Å². The summed E-state index contributed by atoms with van der Waals surface area (Å²) in [4.78, 5) is 12.6. The second-order valence-corrected chi connectivity index (χ2v) is 11.7. The second-order valence-electron chi connectivity index (χ2n) is 11.7. The van der Waals surface area contributed by atoms with Gasteiger partial charge in [-0.3, -0.25) is 4.79 Å². The fourth-order valence-corrected chi connectivity index (χ4v) is 4.85. The number of nitrogens with one attached hydrogen (secondary N) is 2. The first-order valence-electron chi connectivity index (χ1n) is 15.8. The number of halogens is 4. The molecule has 0 aromatic carbocycles. The van der Waals surface area contributed by atoms with Crippen LogP contribution in [0.5, 0.6) is 0 Å². The molecule has 6 nitrogen and oxygen atoms in total. The van der Waals surface area contributed by atoms with Crippen LogP contribution in [-0.4, -0.2) is 67.8 Å². The van der Waals surface area contributed by atoms with Crippen molar-refractivity contribution in [3.63, 3.8) is 0 Å². The lowest BCUT2D eigenvalue weighted by Gasteiger charge is -2.25. The summed E-state index contributed by atoms with van der Waals surface area (Å²) < 4.78 is 48.2. The summed E-state index contributed by atoms with van der Waals surface area (Å²) in [6.07, 6.45) is 12.2. The maximum Gasteiger partial charge on any atom is 0.246 e. The van der Waals surface area contributed by atoms with Crippen LogP contribution >= 0.6 is 0 Å². The zero-order valence-corrected chi connectivity index (χ0v) is 28.2. The van der Waals surface area contributed by atoms with E-state index >= 15 is 0 Å². The Morgan fingerprint density at radius 1 is 1.19 bits per heavy atom. The summed E-state index contributed by atoms with van der Waals surface area (Å²) in [7, 11) is 3.19. The average Bonchev–Trinajstić information content (AvgIpc) is 3.29. The van der Waals surface area contributed by atoms with Crippen LogP contribution in [-0.2, 0) is 4.79 Å². The molecule has 3 rings (SSSR count). The predicted molar refractivity (Wildman–Crippen MR) is 169 cm³/mol. The Labute approximate surface area is 254 Å². The van der Waals surface area contributed by atoms with E-state index < -0.39 is 12.3 Å². The van der Waals surface area contributed by atoms with Crippen molar-refractivity contribution in [1.29, 1.82) is 0 Å². The number of nitrogens with zero attached hydrogens (tertiary/aromatic N) is 2. The van der Waals surface area contributed by atoms with Gasteiger partial charge < -0.3 is 21.3 Å². The molecule has 0 spiro atoms. The molecular formula is C32H63F4N5O. The number of nitrogens with two attached hydrogens (primary N) is 1. The van der Waals surface area contributed by atoms with Gasteiger partial charge in [0.2, 0.25) is 11.8 Å². The quantitative estimate of drug-likeness (QED) is 0.214. The molecule has 4 atom stereocenters. The smallest absolute Gasteiger partial charge is 0.246 e. The van der Waals surface area contributed by atoms with Gasteiger partial charge in [0.05, 0.1) is 12.0 Å². The Morgan fingerprint density at radius 2 is 1.76 bits per heavy atom. The number of allylic oxidation sites excluding steroid dienone is 1. The lowest BCUT2D eigenvalue weighted by atomic mass is 9.87. The summed E-state index contributed by atoms with van der Waals surface area (Å²) in [6.45, 7) is 16.1. The van der Waals surface area contributed by atoms with Crippen LogP contribution in [0.3, 0.4) is 0 Å². The van der Waals surface area contributed by atoms with E-state index in [2.05, 4.69) is 38.5 Å². The molecule has 10 heteroatoms. The Hall–Kier alpha value is -1.65. The van der Waals surface area contributed by atoms with Crippen molar-refractivity contribution in [1.82, 2.24) is 20.7 Å². The highest BCUT2D eigenvalue weighted by molar-refractivity contribution is 5.73. The number of likely N-dealkylation sites (tertiary alicyclic amines) is 1. The lowest BCUT2D eigenvalue weighted by Crippen LogP contribution is -2.36. The lowest BCUT2D eigenvalue weighted by molar-refractivity contribution is -0.129. The second kappa shape index (κ2) is 23.8. The topological polar surface area (TPSA) is 73.6 Å². The standard InChI is InChI=1S/C10H17FN2.C8H17N.C7H13NO.C5H10F3N.C2H6/c1-6(2)9-5-13-10(12)8(9)4-7(3)11;1-7-4-3-5-8(6-7)9-2;1-7(9)8-5-3-2-4-6-8;1-5(6,7)3-4-9(2)8;1-2/h4-6,8,10,13H,12H2,1-3H3;7-9H,3-6H2,1-2H3;2-6H2,1H3;3-4H2,1-2H3;1-2H3/b7-4+;;;;. The zero-order chi connectivity index (χ0) is 32.9. The number of carbonyl (C=O) groups excluding carboxylic acids is 1. The number of rotatable bonds is 6. The van der Waals surface area contributed by atoms with Gasteiger partial charge in [-0.15, -0.1) is 9.60 Å². The average molecular weight is 610 g/mol. The molecule has 0 aromatic rings. The Balaban J connectivity index is 0. The summed E-state index contributed by atoms with van der Waals surface area (Å²) in [5.74, 6) is -1.33. The van der Waals surface area contributed by atoms with Gasteiger partial charge in [0, 0.05) is 52.0 Å². The highest BCUT2D eigenvalue weighted by atomic mass is 19.3. The van der Waals surface area contributed by atoms with Crippen molar-refractivity contribution < 1.29 is 22.4 Å². The zero-order valence-electron chi connectivity index (χ0n) is 28.2. The van der Waals surface area contributed by atoms with Crippen molar-refractivity contribution in [2.45, 2.75) is 125 Å². The molecule has 2 aliphatic heterocycles. The third-order valence-corrected chi connectivity index (χ3v) is 7.30. The Morgan fingerprint density at radius 3 is 2.10 bits per heavy atom. The normalized spacial score (nSPS) is 24.0. The minimum atomic E-state index is -2.75. The van der Waals surface area contributed by atoms with Crippen molar-refractivity contribution in [3.05, 3.63) is 23.7 Å². The number of amides is 1. The van der Waals surface area contributed by atoms with Crippen molar-refractivity contribution in [2.24, 2.45) is 23.5 Å². The Bertz CT molecular complexity index is 746. The van der Waals surface area contributed by atoms with Crippen LogP contribution in [0.2, 0.25) is 0 Å².